The van der Waals surface area contributed by atoms with E-state index in [0.717, 1.165) is 0 Å². The number of rotatable bonds is 42. The second-order valence-electron chi connectivity index (χ2n) is 13.3. The van der Waals surface area contributed by atoms with E-state index in [-0.39, 0.29) is 18.5 Å². The van der Waals surface area contributed by atoms with Gasteiger partial charge in [-0.25, -0.2) is 4.79 Å². The number of benzene rings is 2. The van der Waals surface area contributed by atoms with E-state index in [1.54, 1.807) is 0 Å². The molecule has 0 fully saturated rings. The number of hydrogen-bond donors (Lipinski definition) is 1. The third-order valence-corrected chi connectivity index (χ3v) is 8.70. The van der Waals surface area contributed by atoms with Crippen LogP contribution in [0.15, 0.2) is 48.5 Å². The zero-order valence-electron chi connectivity index (χ0n) is 36.0. The SMILES string of the molecule is CC(=O)OCCOCCOCCOCCOCCOCCOCCOCCOCCOCCOCCOCCOCCCNC(=O)OCC1c2ccccc2-c2ccccc21. The molecule has 61 heavy (non-hydrogen) atoms. The van der Waals surface area contributed by atoms with Crippen LogP contribution in [0.3, 0.4) is 0 Å². The fraction of sp³-hybridized carbons (Fsp3) is 0.682. The van der Waals surface area contributed by atoms with Gasteiger partial charge >= 0.3 is 12.1 Å². The highest BCUT2D eigenvalue weighted by Crippen LogP contribution is 2.44. The van der Waals surface area contributed by atoms with Crippen molar-refractivity contribution in [3.8, 4) is 11.1 Å². The standard InChI is InChI=1S/C44H69NO16/c1-38(46)60-36-35-59-34-33-58-32-31-57-30-29-56-28-27-55-26-25-54-24-23-53-22-21-52-20-19-51-18-17-50-16-15-49-14-13-48-12-6-11-45-44(47)61-37-43-41-9-4-2-7-39(41)40-8-3-5-10-42(40)43/h2-5,7-10,43H,6,11-37H2,1H3,(H,45,47). The summed E-state index contributed by atoms with van der Waals surface area (Å²) >= 11 is 0. The number of nitrogens with one attached hydrogen (secondary N) is 1. The van der Waals surface area contributed by atoms with Gasteiger partial charge < -0.3 is 71.6 Å². The molecule has 1 aliphatic rings. The number of amides is 1. The van der Waals surface area contributed by atoms with Crippen molar-refractivity contribution in [2.45, 2.75) is 19.3 Å². The van der Waals surface area contributed by atoms with Crippen LogP contribution in [-0.4, -0.2) is 190 Å². The van der Waals surface area contributed by atoms with Crippen molar-refractivity contribution in [2.24, 2.45) is 0 Å². The van der Waals surface area contributed by atoms with Crippen LogP contribution in [-0.2, 0) is 71.1 Å². The van der Waals surface area contributed by atoms with Crippen LogP contribution in [0.5, 0.6) is 0 Å². The van der Waals surface area contributed by atoms with Gasteiger partial charge in [0, 0.05) is 26.0 Å². The summed E-state index contributed by atoms with van der Waals surface area (Å²) < 4.78 is 76.0. The average Bonchev–Trinajstić information content (AvgIpc) is 3.59. The van der Waals surface area contributed by atoms with Gasteiger partial charge in [-0.15, -0.1) is 0 Å². The molecule has 2 aromatic rings. The summed E-state index contributed by atoms with van der Waals surface area (Å²) in [5.74, 6) is -0.271. The molecule has 0 unspecified atom stereocenters. The molecule has 2 aromatic carbocycles. The summed E-state index contributed by atoms with van der Waals surface area (Å²) in [4.78, 5) is 22.9. The van der Waals surface area contributed by atoms with Gasteiger partial charge in [-0.3, -0.25) is 4.79 Å². The molecule has 1 amide bonds. The lowest BCUT2D eigenvalue weighted by Gasteiger charge is -2.14. The van der Waals surface area contributed by atoms with E-state index in [1.165, 1.54) is 29.2 Å². The predicted molar refractivity (Wildman–Crippen MR) is 224 cm³/mol. The zero-order valence-corrected chi connectivity index (χ0v) is 36.0. The van der Waals surface area contributed by atoms with E-state index >= 15 is 0 Å². The van der Waals surface area contributed by atoms with Crippen molar-refractivity contribution in [3.63, 3.8) is 0 Å². The molecule has 0 heterocycles. The summed E-state index contributed by atoms with van der Waals surface area (Å²) in [6.07, 6.45) is 0.260. The first-order chi connectivity index (χ1) is 30.2. The van der Waals surface area contributed by atoms with Crippen LogP contribution in [0.4, 0.5) is 4.79 Å². The summed E-state index contributed by atoms with van der Waals surface area (Å²) in [5.41, 5.74) is 4.79. The molecule has 0 aromatic heterocycles. The van der Waals surface area contributed by atoms with Crippen LogP contribution in [0.2, 0.25) is 0 Å². The Bertz CT molecular complexity index is 1320. The molecule has 0 saturated heterocycles. The molecular formula is C44H69NO16. The molecule has 17 nitrogen and oxygen atoms in total. The molecule has 346 valence electrons. The van der Waals surface area contributed by atoms with Crippen molar-refractivity contribution in [3.05, 3.63) is 59.7 Å². The highest BCUT2D eigenvalue weighted by atomic mass is 16.6. The van der Waals surface area contributed by atoms with Gasteiger partial charge in [-0.05, 0) is 28.7 Å². The highest BCUT2D eigenvalue weighted by molar-refractivity contribution is 5.79. The largest absolute Gasteiger partial charge is 0.463 e. The second kappa shape index (κ2) is 37.3. The van der Waals surface area contributed by atoms with E-state index in [0.29, 0.717) is 178 Å². The van der Waals surface area contributed by atoms with Gasteiger partial charge in [-0.2, -0.15) is 0 Å². The van der Waals surface area contributed by atoms with Crippen molar-refractivity contribution >= 4 is 12.1 Å². The number of carbonyl (C=O) groups excluding carboxylic acids is 2. The van der Waals surface area contributed by atoms with Crippen molar-refractivity contribution in [2.75, 3.05) is 178 Å². The fourth-order valence-corrected chi connectivity index (χ4v) is 5.78. The van der Waals surface area contributed by atoms with Gasteiger partial charge in [0.1, 0.15) is 13.2 Å². The van der Waals surface area contributed by atoms with E-state index in [9.17, 15) is 9.59 Å². The molecule has 0 aliphatic heterocycles. The maximum atomic E-state index is 12.3. The fourth-order valence-electron chi connectivity index (χ4n) is 5.78. The monoisotopic (exact) mass is 867 g/mol. The lowest BCUT2D eigenvalue weighted by atomic mass is 9.98. The van der Waals surface area contributed by atoms with Crippen LogP contribution >= 0.6 is 0 Å². The summed E-state index contributed by atoms with van der Waals surface area (Å²) in [7, 11) is 0. The van der Waals surface area contributed by atoms with Gasteiger partial charge in [0.2, 0.25) is 0 Å². The lowest BCUT2D eigenvalue weighted by Crippen LogP contribution is -2.27. The number of ether oxygens (including phenoxy) is 14. The lowest BCUT2D eigenvalue weighted by molar-refractivity contribution is -0.142. The Morgan fingerprint density at radius 2 is 0.705 bits per heavy atom. The van der Waals surface area contributed by atoms with E-state index < -0.39 is 6.09 Å². The molecule has 0 bridgehead atoms. The van der Waals surface area contributed by atoms with Gasteiger partial charge in [-0.1, -0.05) is 48.5 Å². The molecule has 1 N–H and O–H groups in total. The molecule has 0 radical (unpaired) electrons. The molecule has 0 spiro atoms. The predicted octanol–water partition coefficient (Wildman–Crippen LogP) is 3.68. The molecule has 17 heteroatoms. The third kappa shape index (κ3) is 26.7. The van der Waals surface area contributed by atoms with Crippen molar-refractivity contribution in [1.29, 1.82) is 0 Å². The van der Waals surface area contributed by atoms with E-state index in [1.807, 2.05) is 24.3 Å². The Hall–Kier alpha value is -3.30. The maximum Gasteiger partial charge on any atom is 0.407 e. The van der Waals surface area contributed by atoms with E-state index in [4.69, 9.17) is 66.3 Å². The Balaban J connectivity index is 0.916. The quantitative estimate of drug-likeness (QED) is 0.0755. The zero-order chi connectivity index (χ0) is 43.1. The summed E-state index contributed by atoms with van der Waals surface area (Å²) in [6.45, 7) is 13.8. The summed E-state index contributed by atoms with van der Waals surface area (Å²) in [5, 5.41) is 2.80. The molecule has 1 aliphatic carbocycles. The van der Waals surface area contributed by atoms with E-state index in [2.05, 4.69) is 29.6 Å². The molecule has 0 atom stereocenters. The smallest absolute Gasteiger partial charge is 0.407 e. The number of carbonyl (C=O) groups is 2. The maximum absolute atomic E-state index is 12.3. The van der Waals surface area contributed by atoms with Crippen LogP contribution < -0.4 is 5.32 Å². The first-order valence-corrected chi connectivity index (χ1v) is 21.3. The minimum Gasteiger partial charge on any atom is -0.463 e. The topological polar surface area (TPSA) is 175 Å². The van der Waals surface area contributed by atoms with Gasteiger partial charge in [0.25, 0.3) is 0 Å². The van der Waals surface area contributed by atoms with Gasteiger partial charge in [0.05, 0.1) is 152 Å². The third-order valence-electron chi connectivity index (χ3n) is 8.70. The van der Waals surface area contributed by atoms with Crippen molar-refractivity contribution < 1.29 is 75.9 Å². The summed E-state index contributed by atoms with van der Waals surface area (Å²) in [6, 6.07) is 16.6. The molecule has 0 saturated carbocycles. The van der Waals surface area contributed by atoms with Crippen LogP contribution in [0.25, 0.3) is 11.1 Å². The average molecular weight is 868 g/mol. The number of fused-ring (bicyclic) bond motifs is 3. The minimum atomic E-state index is -0.419. The molecule has 3 rings (SSSR count). The van der Waals surface area contributed by atoms with Crippen molar-refractivity contribution in [1.82, 2.24) is 5.32 Å². The first kappa shape index (κ1) is 52.0. The number of alkyl carbamates (subject to hydrolysis) is 1. The number of hydrogen-bond acceptors (Lipinski definition) is 16. The van der Waals surface area contributed by atoms with Gasteiger partial charge in [0.15, 0.2) is 0 Å². The Morgan fingerprint density at radius 1 is 0.410 bits per heavy atom. The Labute approximate surface area is 361 Å². The Morgan fingerprint density at radius 3 is 1.03 bits per heavy atom. The number of esters is 1. The Kier molecular flexibility index (Phi) is 31.8. The first-order valence-electron chi connectivity index (χ1n) is 21.3. The second-order valence-corrected chi connectivity index (χ2v) is 13.3. The molecular weight excluding hydrogens is 798 g/mol. The van der Waals surface area contributed by atoms with Crippen LogP contribution in [0, 0.1) is 0 Å². The normalized spacial score (nSPS) is 12.1. The van der Waals surface area contributed by atoms with Crippen LogP contribution in [0.1, 0.15) is 30.4 Å². The highest BCUT2D eigenvalue weighted by Gasteiger charge is 2.29. The minimum absolute atomic E-state index is 0.0449.